The molecule has 0 aliphatic carbocycles. The molecule has 0 bridgehead atoms. The van der Waals surface area contributed by atoms with Gasteiger partial charge in [0.1, 0.15) is 23.9 Å². The molecule has 2 aliphatic heterocycles. The van der Waals surface area contributed by atoms with E-state index >= 15 is 0 Å². The summed E-state index contributed by atoms with van der Waals surface area (Å²) >= 11 is 0. The van der Waals surface area contributed by atoms with E-state index in [0.717, 1.165) is 74.9 Å². The highest BCUT2D eigenvalue weighted by Crippen LogP contribution is 2.29. The molecule has 162 valence electrons. The fourth-order valence-corrected chi connectivity index (χ4v) is 4.32. The number of likely N-dealkylation sites (tertiary alicyclic amines) is 1. The molecule has 0 unspecified atom stereocenters. The Balaban J connectivity index is 1.47. The molecule has 2 aromatic carbocycles. The maximum atomic E-state index is 9.74. The van der Waals surface area contributed by atoms with Crippen molar-refractivity contribution in [1.82, 2.24) is 9.80 Å². The molecule has 0 spiro atoms. The van der Waals surface area contributed by atoms with Crippen LogP contribution in [0.2, 0.25) is 0 Å². The number of hydrogen-bond donors (Lipinski definition) is 1. The number of methoxy groups -OCH3 is 2. The molecule has 0 radical (unpaired) electrons. The Morgan fingerprint density at radius 1 is 0.967 bits per heavy atom. The van der Waals surface area contributed by atoms with Crippen LogP contribution in [0.25, 0.3) is 0 Å². The van der Waals surface area contributed by atoms with E-state index in [1.54, 1.807) is 14.2 Å². The maximum Gasteiger partial charge on any atom is 0.123 e. The number of rotatable bonds is 6. The van der Waals surface area contributed by atoms with Crippen molar-refractivity contribution in [2.24, 2.45) is 0 Å². The largest absolute Gasteiger partial charge is 0.497 e. The number of benzene rings is 2. The molecule has 30 heavy (non-hydrogen) atoms. The molecule has 0 saturated carbocycles. The van der Waals surface area contributed by atoms with Crippen molar-refractivity contribution >= 4 is 0 Å². The number of ether oxygens (including phenoxy) is 3. The van der Waals surface area contributed by atoms with Gasteiger partial charge in [-0.1, -0.05) is 6.07 Å². The first-order chi connectivity index (χ1) is 14.6. The smallest absolute Gasteiger partial charge is 0.123 e. The molecule has 1 fully saturated rings. The highest BCUT2D eigenvalue weighted by molar-refractivity contribution is 5.41. The Morgan fingerprint density at radius 3 is 2.57 bits per heavy atom. The molecule has 1 N–H and O–H groups in total. The Kier molecular flexibility index (Phi) is 6.77. The SMILES string of the molecule is COc1ccc(OC)c(CN2CCOc3ccc(CN4CCC(O)CC4)cc3C2)c1. The van der Waals surface area contributed by atoms with E-state index in [9.17, 15) is 5.11 Å². The van der Waals surface area contributed by atoms with Gasteiger partial charge >= 0.3 is 0 Å². The highest BCUT2D eigenvalue weighted by Gasteiger charge is 2.20. The van der Waals surface area contributed by atoms with Crippen LogP contribution < -0.4 is 14.2 Å². The molecule has 1 saturated heterocycles. The average Bonchev–Trinajstić information content (AvgIpc) is 2.96. The summed E-state index contributed by atoms with van der Waals surface area (Å²) in [5, 5.41) is 9.74. The molecule has 6 heteroatoms. The summed E-state index contributed by atoms with van der Waals surface area (Å²) in [6.45, 7) is 5.97. The molecule has 0 amide bonds. The van der Waals surface area contributed by atoms with Crippen LogP contribution in [0, 0.1) is 0 Å². The summed E-state index contributed by atoms with van der Waals surface area (Å²) in [7, 11) is 3.39. The van der Waals surface area contributed by atoms with Gasteiger partial charge < -0.3 is 19.3 Å². The predicted octanol–water partition coefficient (Wildman–Crippen LogP) is 3.06. The average molecular weight is 413 g/mol. The zero-order valence-electron chi connectivity index (χ0n) is 18.0. The molecule has 4 rings (SSSR count). The van der Waals surface area contributed by atoms with E-state index in [-0.39, 0.29) is 6.10 Å². The van der Waals surface area contributed by atoms with Gasteiger partial charge in [-0.05, 0) is 48.7 Å². The summed E-state index contributed by atoms with van der Waals surface area (Å²) in [5.74, 6) is 2.70. The van der Waals surface area contributed by atoms with Gasteiger partial charge in [0.05, 0.1) is 20.3 Å². The first-order valence-electron chi connectivity index (χ1n) is 10.7. The lowest BCUT2D eigenvalue weighted by molar-refractivity contribution is 0.0792. The number of aliphatic hydroxyl groups excluding tert-OH is 1. The Bertz CT molecular complexity index is 849. The fourth-order valence-electron chi connectivity index (χ4n) is 4.32. The molecule has 2 aromatic rings. The lowest BCUT2D eigenvalue weighted by Gasteiger charge is -2.29. The second-order valence-corrected chi connectivity index (χ2v) is 8.19. The van der Waals surface area contributed by atoms with Crippen molar-refractivity contribution in [3.05, 3.63) is 53.1 Å². The number of piperidine rings is 1. The highest BCUT2D eigenvalue weighted by atomic mass is 16.5. The van der Waals surface area contributed by atoms with Gasteiger partial charge in [0, 0.05) is 50.4 Å². The van der Waals surface area contributed by atoms with Crippen molar-refractivity contribution < 1.29 is 19.3 Å². The van der Waals surface area contributed by atoms with Crippen LogP contribution in [0.5, 0.6) is 17.2 Å². The third kappa shape index (κ3) is 5.06. The third-order valence-electron chi connectivity index (χ3n) is 6.03. The second-order valence-electron chi connectivity index (χ2n) is 8.19. The van der Waals surface area contributed by atoms with Crippen LogP contribution in [-0.2, 0) is 19.6 Å². The topological polar surface area (TPSA) is 54.4 Å². The Morgan fingerprint density at radius 2 is 1.80 bits per heavy atom. The normalized spacial score (nSPS) is 18.4. The monoisotopic (exact) mass is 412 g/mol. The number of hydrogen-bond acceptors (Lipinski definition) is 6. The summed E-state index contributed by atoms with van der Waals surface area (Å²) in [6.07, 6.45) is 1.60. The van der Waals surface area contributed by atoms with Crippen LogP contribution in [0.1, 0.15) is 29.5 Å². The minimum absolute atomic E-state index is 0.135. The van der Waals surface area contributed by atoms with E-state index in [0.29, 0.717) is 6.61 Å². The number of aliphatic hydroxyl groups is 1. The van der Waals surface area contributed by atoms with Crippen molar-refractivity contribution in [2.75, 3.05) is 40.5 Å². The predicted molar refractivity (Wildman–Crippen MR) is 116 cm³/mol. The van der Waals surface area contributed by atoms with Crippen LogP contribution in [-0.4, -0.2) is 61.5 Å². The maximum absolute atomic E-state index is 9.74. The molecule has 2 aliphatic rings. The molecule has 2 heterocycles. The van der Waals surface area contributed by atoms with Crippen molar-refractivity contribution in [3.63, 3.8) is 0 Å². The van der Waals surface area contributed by atoms with Gasteiger partial charge in [-0.3, -0.25) is 9.80 Å². The molecule has 0 atom stereocenters. The van der Waals surface area contributed by atoms with E-state index < -0.39 is 0 Å². The lowest BCUT2D eigenvalue weighted by atomic mass is 10.0. The van der Waals surface area contributed by atoms with Gasteiger partial charge in [-0.2, -0.15) is 0 Å². The first kappa shape index (κ1) is 21.0. The van der Waals surface area contributed by atoms with E-state index in [1.807, 2.05) is 18.2 Å². The van der Waals surface area contributed by atoms with Gasteiger partial charge in [0.25, 0.3) is 0 Å². The van der Waals surface area contributed by atoms with Crippen LogP contribution in [0.4, 0.5) is 0 Å². The van der Waals surface area contributed by atoms with Crippen LogP contribution in [0.15, 0.2) is 36.4 Å². The summed E-state index contributed by atoms with van der Waals surface area (Å²) in [5.41, 5.74) is 3.64. The molecule has 6 nitrogen and oxygen atoms in total. The van der Waals surface area contributed by atoms with E-state index in [4.69, 9.17) is 14.2 Å². The quantitative estimate of drug-likeness (QED) is 0.787. The van der Waals surface area contributed by atoms with Gasteiger partial charge in [0.15, 0.2) is 0 Å². The molecular formula is C24H32N2O4. The van der Waals surface area contributed by atoms with Gasteiger partial charge in [-0.25, -0.2) is 0 Å². The fraction of sp³-hybridized carbons (Fsp3) is 0.500. The van der Waals surface area contributed by atoms with Gasteiger partial charge in [0.2, 0.25) is 0 Å². The van der Waals surface area contributed by atoms with Crippen molar-refractivity contribution in [1.29, 1.82) is 0 Å². The minimum Gasteiger partial charge on any atom is -0.497 e. The van der Waals surface area contributed by atoms with E-state index in [2.05, 4.69) is 28.0 Å². The Hall–Kier alpha value is -2.28. The summed E-state index contributed by atoms with van der Waals surface area (Å²) in [6, 6.07) is 12.5. The summed E-state index contributed by atoms with van der Waals surface area (Å²) in [4.78, 5) is 4.81. The summed E-state index contributed by atoms with van der Waals surface area (Å²) < 4.78 is 17.0. The second kappa shape index (κ2) is 9.69. The van der Waals surface area contributed by atoms with Gasteiger partial charge in [-0.15, -0.1) is 0 Å². The standard InChI is InChI=1S/C24H32N2O4/c1-28-22-4-6-23(29-2)20(14-22)17-26-11-12-30-24-5-3-18(13-19(24)16-26)15-25-9-7-21(27)8-10-25/h3-6,13-14,21,27H,7-12,15-17H2,1-2H3. The first-order valence-corrected chi connectivity index (χ1v) is 10.7. The number of nitrogens with zero attached hydrogens (tertiary/aromatic N) is 2. The minimum atomic E-state index is -0.135. The van der Waals surface area contributed by atoms with Crippen molar-refractivity contribution in [3.8, 4) is 17.2 Å². The van der Waals surface area contributed by atoms with Crippen LogP contribution in [0.3, 0.4) is 0 Å². The Labute approximate surface area is 179 Å². The van der Waals surface area contributed by atoms with Crippen molar-refractivity contribution in [2.45, 2.75) is 38.6 Å². The molecular weight excluding hydrogens is 380 g/mol. The molecule has 0 aromatic heterocycles. The lowest BCUT2D eigenvalue weighted by Crippen LogP contribution is -2.35. The zero-order chi connectivity index (χ0) is 20.9. The zero-order valence-corrected chi connectivity index (χ0v) is 18.0. The third-order valence-corrected chi connectivity index (χ3v) is 6.03. The van der Waals surface area contributed by atoms with E-state index in [1.165, 1.54) is 11.1 Å². The van der Waals surface area contributed by atoms with Crippen LogP contribution >= 0.6 is 0 Å². The number of fused-ring (bicyclic) bond motifs is 1.